The number of carbonyl (C=O) groups excluding carboxylic acids is 1. The molecule has 2 heterocycles. The van der Waals surface area contributed by atoms with Crippen molar-refractivity contribution in [1.29, 1.82) is 0 Å². The number of hydrogen-bond acceptors (Lipinski definition) is 2. The summed E-state index contributed by atoms with van der Waals surface area (Å²) >= 11 is 5.63. The molecular weight excluding hydrogens is 419 g/mol. The van der Waals surface area contributed by atoms with Crippen molar-refractivity contribution in [2.45, 2.75) is 0 Å². The summed E-state index contributed by atoms with van der Waals surface area (Å²) in [6.07, 6.45) is 3.42. The van der Waals surface area contributed by atoms with Gasteiger partial charge in [0.2, 0.25) is 0 Å². The Hall–Kier alpha value is -1.21. The number of halogens is 2. The summed E-state index contributed by atoms with van der Waals surface area (Å²) in [6, 6.07) is 9.45. The third-order valence-electron chi connectivity index (χ3n) is 2.87. The Balaban J connectivity index is 2.16. The highest BCUT2D eigenvalue weighted by atomic mass is 127. The number of nitrogens with one attached hydrogen (secondary N) is 1. The SMILES string of the molecule is O=C(c1cc(I)ccc1Br)c1c[nH]c2ncccc12. The van der Waals surface area contributed by atoms with Crippen molar-refractivity contribution in [2.75, 3.05) is 0 Å². The van der Waals surface area contributed by atoms with Gasteiger partial charge in [-0.1, -0.05) is 15.9 Å². The minimum atomic E-state index is -0.00959. The smallest absolute Gasteiger partial charge is 0.196 e. The fraction of sp³-hybridized carbons (Fsp3) is 0. The van der Waals surface area contributed by atoms with Crippen LogP contribution in [0.4, 0.5) is 0 Å². The van der Waals surface area contributed by atoms with E-state index < -0.39 is 0 Å². The summed E-state index contributed by atoms with van der Waals surface area (Å²) in [6.45, 7) is 0. The number of benzene rings is 1. The number of carbonyl (C=O) groups is 1. The summed E-state index contributed by atoms with van der Waals surface area (Å²) in [7, 11) is 0. The fourth-order valence-corrected chi connectivity index (χ4v) is 2.88. The lowest BCUT2D eigenvalue weighted by Gasteiger charge is -2.03. The van der Waals surface area contributed by atoms with Gasteiger partial charge < -0.3 is 4.98 Å². The molecule has 0 bridgehead atoms. The monoisotopic (exact) mass is 426 g/mol. The van der Waals surface area contributed by atoms with Crippen LogP contribution in [0.3, 0.4) is 0 Å². The summed E-state index contributed by atoms with van der Waals surface area (Å²) < 4.78 is 1.83. The fourth-order valence-electron chi connectivity index (χ4n) is 1.96. The van der Waals surface area contributed by atoms with Crippen LogP contribution in [0, 0.1) is 3.57 Å². The van der Waals surface area contributed by atoms with Crippen LogP contribution < -0.4 is 0 Å². The standard InChI is InChI=1S/C14H8BrIN2O/c15-12-4-3-8(16)6-10(12)13(19)11-7-18-14-9(11)2-1-5-17-14/h1-7H,(H,17,18). The van der Waals surface area contributed by atoms with Crippen molar-refractivity contribution in [1.82, 2.24) is 9.97 Å². The second-order valence-electron chi connectivity index (χ2n) is 4.06. The number of H-pyrrole nitrogens is 1. The maximum absolute atomic E-state index is 12.6. The molecule has 0 spiro atoms. The van der Waals surface area contributed by atoms with Gasteiger partial charge in [0.05, 0.1) is 0 Å². The van der Waals surface area contributed by atoms with Crippen molar-refractivity contribution in [3.05, 3.63) is 61.9 Å². The Kier molecular flexibility index (Phi) is 3.40. The first-order valence-corrected chi connectivity index (χ1v) is 7.46. The topological polar surface area (TPSA) is 45.8 Å². The van der Waals surface area contributed by atoms with Gasteiger partial charge in [-0.05, 0) is 52.9 Å². The maximum Gasteiger partial charge on any atom is 0.196 e. The van der Waals surface area contributed by atoms with Crippen LogP contribution in [-0.4, -0.2) is 15.8 Å². The Morgan fingerprint density at radius 2 is 2.11 bits per heavy atom. The highest BCUT2D eigenvalue weighted by Crippen LogP contribution is 2.25. The van der Waals surface area contributed by atoms with E-state index in [1.807, 2.05) is 30.3 Å². The van der Waals surface area contributed by atoms with E-state index in [4.69, 9.17) is 0 Å². The Morgan fingerprint density at radius 3 is 2.95 bits per heavy atom. The highest BCUT2D eigenvalue weighted by molar-refractivity contribution is 14.1. The number of hydrogen-bond donors (Lipinski definition) is 1. The molecule has 0 unspecified atom stereocenters. The van der Waals surface area contributed by atoms with Crippen molar-refractivity contribution < 1.29 is 4.79 Å². The van der Waals surface area contributed by atoms with Gasteiger partial charge >= 0.3 is 0 Å². The van der Waals surface area contributed by atoms with E-state index in [-0.39, 0.29) is 5.78 Å². The van der Waals surface area contributed by atoms with Crippen LogP contribution in [0.1, 0.15) is 15.9 Å². The van der Waals surface area contributed by atoms with Gasteiger partial charge in [-0.2, -0.15) is 0 Å². The van der Waals surface area contributed by atoms with Crippen LogP contribution in [0.2, 0.25) is 0 Å². The number of ketones is 1. The lowest BCUT2D eigenvalue weighted by Crippen LogP contribution is -2.02. The minimum absolute atomic E-state index is 0.00959. The summed E-state index contributed by atoms with van der Waals surface area (Å²) in [5.41, 5.74) is 2.04. The zero-order chi connectivity index (χ0) is 13.4. The summed E-state index contributed by atoms with van der Waals surface area (Å²) in [5.74, 6) is -0.00959. The van der Waals surface area contributed by atoms with E-state index >= 15 is 0 Å². The van der Waals surface area contributed by atoms with Crippen molar-refractivity contribution in [3.8, 4) is 0 Å². The summed E-state index contributed by atoms with van der Waals surface area (Å²) in [5, 5.41) is 0.846. The van der Waals surface area contributed by atoms with Crippen molar-refractivity contribution in [3.63, 3.8) is 0 Å². The Bertz CT molecular complexity index is 782. The number of pyridine rings is 1. The molecule has 1 aromatic carbocycles. The molecule has 0 aliphatic heterocycles. The molecule has 1 N–H and O–H groups in total. The normalized spacial score (nSPS) is 10.8. The molecule has 2 aromatic heterocycles. The molecule has 0 amide bonds. The van der Waals surface area contributed by atoms with Crippen LogP contribution >= 0.6 is 38.5 Å². The molecule has 0 saturated carbocycles. The van der Waals surface area contributed by atoms with E-state index in [9.17, 15) is 4.79 Å². The molecule has 3 rings (SSSR count). The molecule has 0 saturated heterocycles. The van der Waals surface area contributed by atoms with Gasteiger partial charge in [0, 0.05) is 36.9 Å². The van der Waals surface area contributed by atoms with Crippen LogP contribution in [0.15, 0.2) is 47.2 Å². The molecule has 0 atom stereocenters. The first kappa shape index (κ1) is 12.8. The molecule has 0 fully saturated rings. The van der Waals surface area contributed by atoms with Gasteiger partial charge in [-0.15, -0.1) is 0 Å². The number of rotatable bonds is 2. The highest BCUT2D eigenvalue weighted by Gasteiger charge is 2.17. The molecule has 3 aromatic rings. The van der Waals surface area contributed by atoms with E-state index in [0.29, 0.717) is 11.1 Å². The first-order valence-electron chi connectivity index (χ1n) is 5.58. The largest absolute Gasteiger partial charge is 0.345 e. The molecule has 19 heavy (non-hydrogen) atoms. The molecule has 0 aliphatic carbocycles. The molecular formula is C14H8BrIN2O. The number of aromatic nitrogens is 2. The van der Waals surface area contributed by atoms with Crippen LogP contribution in [-0.2, 0) is 0 Å². The number of aromatic amines is 1. The average molecular weight is 427 g/mol. The van der Waals surface area contributed by atoms with Gasteiger partial charge in [0.15, 0.2) is 5.78 Å². The number of fused-ring (bicyclic) bond motifs is 1. The Morgan fingerprint density at radius 1 is 1.26 bits per heavy atom. The second-order valence-corrected chi connectivity index (χ2v) is 6.16. The zero-order valence-corrected chi connectivity index (χ0v) is 13.4. The lowest BCUT2D eigenvalue weighted by atomic mass is 10.0. The number of nitrogens with zero attached hydrogens (tertiary/aromatic N) is 1. The predicted molar refractivity (Wildman–Crippen MR) is 86.4 cm³/mol. The van der Waals surface area contributed by atoms with Crippen molar-refractivity contribution in [2.24, 2.45) is 0 Å². The average Bonchev–Trinajstić information content (AvgIpc) is 2.84. The van der Waals surface area contributed by atoms with Gasteiger partial charge in [0.1, 0.15) is 5.65 Å². The van der Waals surface area contributed by atoms with Gasteiger partial charge in [-0.3, -0.25) is 4.79 Å². The minimum Gasteiger partial charge on any atom is -0.345 e. The molecule has 5 heteroatoms. The van der Waals surface area contributed by atoms with E-state index in [2.05, 4.69) is 48.5 Å². The third-order valence-corrected chi connectivity index (χ3v) is 4.23. The molecule has 0 aliphatic rings. The zero-order valence-electron chi connectivity index (χ0n) is 9.65. The van der Waals surface area contributed by atoms with E-state index in [1.165, 1.54) is 0 Å². The van der Waals surface area contributed by atoms with Gasteiger partial charge in [-0.25, -0.2) is 4.98 Å². The van der Waals surface area contributed by atoms with Gasteiger partial charge in [0.25, 0.3) is 0 Å². The van der Waals surface area contributed by atoms with E-state index in [1.54, 1.807) is 12.4 Å². The van der Waals surface area contributed by atoms with Crippen LogP contribution in [0.25, 0.3) is 11.0 Å². The molecule has 0 radical (unpaired) electrons. The molecule has 94 valence electrons. The first-order chi connectivity index (χ1) is 9.16. The Labute approximate surface area is 131 Å². The maximum atomic E-state index is 12.6. The second kappa shape index (κ2) is 5.05. The van der Waals surface area contributed by atoms with E-state index in [0.717, 1.165) is 19.1 Å². The van der Waals surface area contributed by atoms with Crippen molar-refractivity contribution >= 4 is 55.3 Å². The lowest BCUT2D eigenvalue weighted by molar-refractivity contribution is 0.103. The quantitative estimate of drug-likeness (QED) is 0.494. The third kappa shape index (κ3) is 2.32. The summed E-state index contributed by atoms with van der Waals surface area (Å²) in [4.78, 5) is 19.8. The predicted octanol–water partition coefficient (Wildman–Crippen LogP) is 4.16. The molecule has 3 nitrogen and oxygen atoms in total. The van der Waals surface area contributed by atoms with Crippen LogP contribution in [0.5, 0.6) is 0 Å².